The molecule has 0 aromatic carbocycles. The Balaban J connectivity index is 1.33. The van der Waals surface area contributed by atoms with Crippen LogP contribution in [0.4, 0.5) is 0 Å². The summed E-state index contributed by atoms with van der Waals surface area (Å²) in [6.07, 6.45) is 5.94. The van der Waals surface area contributed by atoms with E-state index in [2.05, 4.69) is 27.7 Å². The van der Waals surface area contributed by atoms with Crippen molar-refractivity contribution in [2.24, 2.45) is 5.92 Å². The predicted octanol–water partition coefficient (Wildman–Crippen LogP) is 2.84. The number of nitrogens with zero attached hydrogens (tertiary/aromatic N) is 1. The highest BCUT2D eigenvalue weighted by atomic mass is 32.1. The summed E-state index contributed by atoms with van der Waals surface area (Å²) in [7, 11) is 0. The van der Waals surface area contributed by atoms with Crippen LogP contribution in [0.25, 0.3) is 0 Å². The molecular weight excluding hydrogens is 268 g/mol. The van der Waals surface area contributed by atoms with Gasteiger partial charge in [-0.2, -0.15) is 0 Å². The first-order valence-corrected chi connectivity index (χ1v) is 8.74. The molecule has 2 fully saturated rings. The van der Waals surface area contributed by atoms with Crippen LogP contribution in [0.2, 0.25) is 0 Å². The van der Waals surface area contributed by atoms with Crippen LogP contribution in [-0.4, -0.2) is 37.0 Å². The Morgan fingerprint density at radius 3 is 2.70 bits per heavy atom. The predicted molar refractivity (Wildman–Crippen MR) is 83.1 cm³/mol. The molecule has 0 unspecified atom stereocenters. The van der Waals surface area contributed by atoms with Crippen LogP contribution in [0.3, 0.4) is 0 Å². The van der Waals surface area contributed by atoms with Gasteiger partial charge in [-0.25, -0.2) is 0 Å². The minimum Gasteiger partial charge on any atom is -0.355 e. The highest BCUT2D eigenvalue weighted by molar-refractivity contribution is 7.10. The number of amides is 1. The molecule has 1 aliphatic carbocycles. The number of likely N-dealkylation sites (tertiary alicyclic amines) is 1. The Labute approximate surface area is 125 Å². The largest absolute Gasteiger partial charge is 0.355 e. The third-order valence-corrected chi connectivity index (χ3v) is 5.77. The maximum Gasteiger partial charge on any atom is 0.223 e. The topological polar surface area (TPSA) is 32.3 Å². The summed E-state index contributed by atoms with van der Waals surface area (Å²) in [4.78, 5) is 15.8. The molecule has 0 atom stereocenters. The van der Waals surface area contributed by atoms with Crippen LogP contribution < -0.4 is 5.32 Å². The molecular formula is C16H24N2OS. The average Bonchev–Trinajstić information content (AvgIpc) is 2.91. The fourth-order valence-corrected chi connectivity index (χ4v) is 4.02. The van der Waals surface area contributed by atoms with Crippen molar-refractivity contribution in [3.8, 4) is 0 Å². The van der Waals surface area contributed by atoms with Gasteiger partial charge in [-0.15, -0.1) is 11.3 Å². The summed E-state index contributed by atoms with van der Waals surface area (Å²) < 4.78 is 0. The van der Waals surface area contributed by atoms with Crippen molar-refractivity contribution >= 4 is 17.2 Å². The molecule has 0 radical (unpaired) electrons. The van der Waals surface area contributed by atoms with Gasteiger partial charge in [0.1, 0.15) is 0 Å². The van der Waals surface area contributed by atoms with Gasteiger partial charge in [0.15, 0.2) is 0 Å². The highest BCUT2D eigenvalue weighted by Crippen LogP contribution is 2.30. The molecule has 3 rings (SSSR count). The second-order valence-electron chi connectivity index (χ2n) is 6.05. The van der Waals surface area contributed by atoms with E-state index < -0.39 is 0 Å². The van der Waals surface area contributed by atoms with E-state index in [1.54, 1.807) is 4.88 Å². The Morgan fingerprint density at radius 1 is 1.30 bits per heavy atom. The molecule has 1 aromatic heterocycles. The van der Waals surface area contributed by atoms with Gasteiger partial charge in [-0.05, 0) is 56.1 Å². The number of hydrogen-bond donors (Lipinski definition) is 1. The first-order chi connectivity index (χ1) is 9.83. The van der Waals surface area contributed by atoms with Crippen molar-refractivity contribution in [3.05, 3.63) is 22.4 Å². The Bertz CT molecular complexity index is 420. The van der Waals surface area contributed by atoms with Gasteiger partial charge in [-0.3, -0.25) is 4.79 Å². The van der Waals surface area contributed by atoms with Crippen LogP contribution in [0.1, 0.15) is 42.9 Å². The molecule has 1 aliphatic heterocycles. The maximum atomic E-state index is 11.7. The number of rotatable bonds is 5. The summed E-state index contributed by atoms with van der Waals surface area (Å²) >= 11 is 1.89. The zero-order valence-corrected chi connectivity index (χ0v) is 12.8. The molecule has 0 spiro atoms. The van der Waals surface area contributed by atoms with E-state index in [9.17, 15) is 4.79 Å². The second kappa shape index (κ2) is 6.72. The van der Waals surface area contributed by atoms with Crippen molar-refractivity contribution < 1.29 is 4.79 Å². The number of thiophene rings is 1. The van der Waals surface area contributed by atoms with E-state index in [-0.39, 0.29) is 5.91 Å². The number of carbonyl (C=O) groups excluding carboxylic acids is 1. The monoisotopic (exact) mass is 292 g/mol. The summed E-state index contributed by atoms with van der Waals surface area (Å²) in [5.74, 6) is 1.36. The fraction of sp³-hybridized carbons (Fsp3) is 0.688. The Morgan fingerprint density at radius 2 is 2.10 bits per heavy atom. The molecule has 1 amide bonds. The standard InChI is InChI=1S/C16H24N2OS/c19-16(14-3-1-4-14)17-8-11-18-9-6-13(7-10-18)15-5-2-12-20-15/h2,5,12-14H,1,3-4,6-11H2,(H,17,19). The second-order valence-corrected chi connectivity index (χ2v) is 7.03. The Kier molecular flexibility index (Phi) is 4.73. The van der Waals surface area contributed by atoms with Gasteiger partial charge in [0.05, 0.1) is 0 Å². The first-order valence-electron chi connectivity index (χ1n) is 7.86. The summed E-state index contributed by atoms with van der Waals surface area (Å²) in [5, 5.41) is 5.27. The number of nitrogens with one attached hydrogen (secondary N) is 1. The minimum atomic E-state index is 0.282. The van der Waals surface area contributed by atoms with Crippen LogP contribution in [0, 0.1) is 5.92 Å². The first kappa shape index (κ1) is 14.1. The molecule has 1 N–H and O–H groups in total. The van der Waals surface area contributed by atoms with Gasteiger partial charge in [0.25, 0.3) is 0 Å². The quantitative estimate of drug-likeness (QED) is 0.905. The lowest BCUT2D eigenvalue weighted by Crippen LogP contribution is -2.41. The van der Waals surface area contributed by atoms with Gasteiger partial charge in [0.2, 0.25) is 5.91 Å². The van der Waals surface area contributed by atoms with E-state index in [1.165, 1.54) is 32.4 Å². The normalized spacial score (nSPS) is 21.6. The van der Waals surface area contributed by atoms with Crippen LogP contribution in [-0.2, 0) is 4.79 Å². The summed E-state index contributed by atoms with van der Waals surface area (Å²) in [5.41, 5.74) is 0. The molecule has 1 saturated heterocycles. The Hall–Kier alpha value is -0.870. The molecule has 2 aliphatic rings. The molecule has 4 heteroatoms. The van der Waals surface area contributed by atoms with E-state index in [0.29, 0.717) is 5.92 Å². The lowest BCUT2D eigenvalue weighted by atomic mass is 9.85. The molecule has 0 bridgehead atoms. The van der Waals surface area contributed by atoms with Gasteiger partial charge in [0, 0.05) is 23.9 Å². The third kappa shape index (κ3) is 3.41. The van der Waals surface area contributed by atoms with Crippen molar-refractivity contribution in [2.45, 2.75) is 38.0 Å². The van der Waals surface area contributed by atoms with Crippen LogP contribution >= 0.6 is 11.3 Å². The number of hydrogen-bond acceptors (Lipinski definition) is 3. The average molecular weight is 292 g/mol. The summed E-state index contributed by atoms with van der Waals surface area (Å²) in [6, 6.07) is 4.42. The SMILES string of the molecule is O=C(NCCN1CCC(c2cccs2)CC1)C1CCC1. The van der Waals surface area contributed by atoms with E-state index >= 15 is 0 Å². The smallest absolute Gasteiger partial charge is 0.223 e. The molecule has 2 heterocycles. The molecule has 3 nitrogen and oxygen atoms in total. The van der Waals surface area contributed by atoms with Crippen LogP contribution in [0.15, 0.2) is 17.5 Å². The van der Waals surface area contributed by atoms with Gasteiger partial charge >= 0.3 is 0 Å². The molecule has 1 aromatic rings. The molecule has 110 valence electrons. The van der Waals surface area contributed by atoms with Gasteiger partial charge < -0.3 is 10.2 Å². The zero-order valence-electron chi connectivity index (χ0n) is 12.0. The number of piperidine rings is 1. The van der Waals surface area contributed by atoms with E-state index in [4.69, 9.17) is 0 Å². The number of carbonyl (C=O) groups is 1. The third-order valence-electron chi connectivity index (χ3n) is 4.74. The fourth-order valence-electron chi connectivity index (χ4n) is 3.12. The van der Waals surface area contributed by atoms with Crippen LogP contribution in [0.5, 0.6) is 0 Å². The minimum absolute atomic E-state index is 0.282. The van der Waals surface area contributed by atoms with Crippen molar-refractivity contribution in [3.63, 3.8) is 0 Å². The lowest BCUT2D eigenvalue weighted by Gasteiger charge is -2.32. The summed E-state index contributed by atoms with van der Waals surface area (Å²) in [6.45, 7) is 4.17. The van der Waals surface area contributed by atoms with E-state index in [0.717, 1.165) is 31.8 Å². The zero-order chi connectivity index (χ0) is 13.8. The van der Waals surface area contributed by atoms with E-state index in [1.807, 2.05) is 11.3 Å². The highest BCUT2D eigenvalue weighted by Gasteiger charge is 2.25. The van der Waals surface area contributed by atoms with Crippen molar-refractivity contribution in [1.29, 1.82) is 0 Å². The maximum absolute atomic E-state index is 11.7. The van der Waals surface area contributed by atoms with Crippen molar-refractivity contribution in [1.82, 2.24) is 10.2 Å². The van der Waals surface area contributed by atoms with Gasteiger partial charge in [-0.1, -0.05) is 12.5 Å². The molecule has 20 heavy (non-hydrogen) atoms. The van der Waals surface area contributed by atoms with Crippen molar-refractivity contribution in [2.75, 3.05) is 26.2 Å². The molecule has 1 saturated carbocycles. The lowest BCUT2D eigenvalue weighted by molar-refractivity contribution is -0.127.